The monoisotopic (exact) mass is 569 g/mol. The lowest BCUT2D eigenvalue weighted by atomic mass is 10.2. The van der Waals surface area contributed by atoms with Crippen LogP contribution in [-0.4, -0.2) is 119 Å². The first-order valence-electron chi connectivity index (χ1n) is 12.6. The van der Waals surface area contributed by atoms with Gasteiger partial charge in [0, 0.05) is 46.7 Å². The van der Waals surface area contributed by atoms with Gasteiger partial charge >= 0.3 is 19.5 Å². The molecule has 0 aromatic rings. The normalized spacial score (nSPS) is 12.6. The Morgan fingerprint density at radius 2 is 1.45 bits per heavy atom. The number of hydrogen-bond donors (Lipinski definition) is 3. The summed E-state index contributed by atoms with van der Waals surface area (Å²) >= 11 is 0. The zero-order chi connectivity index (χ0) is 28.7. The van der Waals surface area contributed by atoms with E-state index in [4.69, 9.17) is 28.4 Å². The highest BCUT2D eigenvalue weighted by molar-refractivity contribution is 7.51. The minimum Gasteiger partial charge on any atom is -0.465 e. The standard InChI is InChI=1S/C23H44N3O11P/c1-20(27)24-9-13-33-16-17-34-19-23(30)36-15-11-26(10-14-35-21(2)28)18-22(29)25-8-6-4-5-7-12-37-38(3,31)32/h4-19H2,1-3H3,(H,24,27)(H,25,29)(H,31,32). The van der Waals surface area contributed by atoms with E-state index in [1.54, 1.807) is 4.90 Å². The van der Waals surface area contributed by atoms with Crippen LogP contribution in [0.3, 0.4) is 0 Å². The van der Waals surface area contributed by atoms with Crippen molar-refractivity contribution in [1.82, 2.24) is 15.5 Å². The molecular formula is C23H44N3O11P. The van der Waals surface area contributed by atoms with Crippen molar-refractivity contribution >= 4 is 31.3 Å². The molecule has 0 radical (unpaired) electrons. The number of amides is 2. The maximum atomic E-state index is 12.3. The highest BCUT2D eigenvalue weighted by Crippen LogP contribution is 2.36. The highest BCUT2D eigenvalue weighted by atomic mass is 31.2. The van der Waals surface area contributed by atoms with Crippen molar-refractivity contribution in [2.45, 2.75) is 39.5 Å². The van der Waals surface area contributed by atoms with Crippen LogP contribution in [0.1, 0.15) is 39.5 Å². The van der Waals surface area contributed by atoms with Crippen LogP contribution in [-0.2, 0) is 47.2 Å². The summed E-state index contributed by atoms with van der Waals surface area (Å²) in [5, 5.41) is 5.41. The molecule has 0 fully saturated rings. The fourth-order valence-electron chi connectivity index (χ4n) is 2.89. The summed E-state index contributed by atoms with van der Waals surface area (Å²) in [7, 11) is -3.43. The largest absolute Gasteiger partial charge is 0.465 e. The molecule has 0 rings (SSSR count). The average Bonchev–Trinajstić information content (AvgIpc) is 2.81. The molecule has 0 aliphatic heterocycles. The van der Waals surface area contributed by atoms with Crippen LogP contribution >= 0.6 is 7.60 Å². The van der Waals surface area contributed by atoms with Gasteiger partial charge in [-0.25, -0.2) is 4.79 Å². The Kier molecular flexibility index (Phi) is 21.6. The molecule has 3 N–H and O–H groups in total. The quantitative estimate of drug-likeness (QED) is 0.0810. The third-order valence-corrected chi connectivity index (χ3v) is 5.35. The minimum absolute atomic E-state index is 0.0311. The smallest absolute Gasteiger partial charge is 0.332 e. The fraction of sp³-hybridized carbons (Fsp3) is 0.826. The molecule has 38 heavy (non-hydrogen) atoms. The Morgan fingerprint density at radius 1 is 0.789 bits per heavy atom. The summed E-state index contributed by atoms with van der Waals surface area (Å²) in [4.78, 5) is 56.7. The SMILES string of the molecule is CC(=O)NCCOCCOCC(=O)OCCN(CCOC(C)=O)CC(=O)NCCCCCCOP(C)(=O)O. The van der Waals surface area contributed by atoms with Gasteiger partial charge < -0.3 is 39.0 Å². The molecule has 0 aromatic heterocycles. The van der Waals surface area contributed by atoms with Gasteiger partial charge in [-0.15, -0.1) is 0 Å². The zero-order valence-electron chi connectivity index (χ0n) is 22.7. The van der Waals surface area contributed by atoms with Crippen LogP contribution in [0.2, 0.25) is 0 Å². The second-order valence-corrected chi connectivity index (χ2v) is 10.2. The maximum absolute atomic E-state index is 12.3. The minimum atomic E-state index is -3.43. The lowest BCUT2D eigenvalue weighted by molar-refractivity contribution is -0.150. The number of carbonyl (C=O) groups is 4. The summed E-state index contributed by atoms with van der Waals surface area (Å²) in [5.41, 5.74) is 0. The van der Waals surface area contributed by atoms with Gasteiger partial charge in [0.05, 0.1) is 33.0 Å². The summed E-state index contributed by atoms with van der Waals surface area (Å²) in [5.74, 6) is -1.33. The van der Waals surface area contributed by atoms with Crippen LogP contribution < -0.4 is 10.6 Å². The second kappa shape index (κ2) is 22.9. The van der Waals surface area contributed by atoms with Gasteiger partial charge in [0.2, 0.25) is 11.8 Å². The summed E-state index contributed by atoms with van der Waals surface area (Å²) < 4.78 is 36.4. The average molecular weight is 570 g/mol. The van der Waals surface area contributed by atoms with Crippen molar-refractivity contribution in [1.29, 1.82) is 0 Å². The second-order valence-electron chi connectivity index (χ2n) is 8.38. The third kappa shape index (κ3) is 27.0. The predicted molar refractivity (Wildman–Crippen MR) is 138 cm³/mol. The Morgan fingerprint density at radius 3 is 2.11 bits per heavy atom. The Balaban J connectivity index is 4.07. The topological polar surface area (TPSA) is 179 Å². The molecule has 0 aliphatic carbocycles. The highest BCUT2D eigenvalue weighted by Gasteiger charge is 2.13. The van der Waals surface area contributed by atoms with Gasteiger partial charge in [0.15, 0.2) is 0 Å². The van der Waals surface area contributed by atoms with Crippen LogP contribution in [0.15, 0.2) is 0 Å². The van der Waals surface area contributed by atoms with Gasteiger partial charge in [-0.2, -0.15) is 0 Å². The van der Waals surface area contributed by atoms with Crippen molar-refractivity contribution in [3.63, 3.8) is 0 Å². The van der Waals surface area contributed by atoms with E-state index in [0.717, 1.165) is 25.9 Å². The van der Waals surface area contributed by atoms with Crippen molar-refractivity contribution in [3.8, 4) is 0 Å². The number of carbonyl (C=O) groups excluding carboxylic acids is 4. The van der Waals surface area contributed by atoms with Crippen molar-refractivity contribution < 1.29 is 52.1 Å². The Labute approximate surface area is 224 Å². The van der Waals surface area contributed by atoms with Gasteiger partial charge in [-0.05, 0) is 12.8 Å². The maximum Gasteiger partial charge on any atom is 0.332 e. The van der Waals surface area contributed by atoms with Gasteiger partial charge in [-0.1, -0.05) is 12.8 Å². The number of nitrogens with zero attached hydrogens (tertiary/aromatic N) is 1. The molecule has 14 nitrogen and oxygen atoms in total. The lowest BCUT2D eigenvalue weighted by Gasteiger charge is -2.21. The summed E-state index contributed by atoms with van der Waals surface area (Å²) in [6, 6.07) is 0. The number of rotatable bonds is 24. The molecule has 0 bridgehead atoms. The molecule has 1 atom stereocenters. The molecule has 0 spiro atoms. The first-order chi connectivity index (χ1) is 18.0. The number of ether oxygens (including phenoxy) is 4. The van der Waals surface area contributed by atoms with E-state index in [1.807, 2.05) is 0 Å². The molecular weight excluding hydrogens is 525 g/mol. The van der Waals surface area contributed by atoms with E-state index in [-0.39, 0.29) is 64.5 Å². The number of nitrogens with one attached hydrogen (secondary N) is 2. The van der Waals surface area contributed by atoms with Crippen LogP contribution in [0, 0.1) is 0 Å². The van der Waals surface area contributed by atoms with Crippen LogP contribution in [0.5, 0.6) is 0 Å². The number of esters is 2. The van der Waals surface area contributed by atoms with Gasteiger partial charge in [0.1, 0.15) is 19.8 Å². The molecule has 0 saturated heterocycles. The number of unbranched alkanes of at least 4 members (excludes halogenated alkanes) is 3. The van der Waals surface area contributed by atoms with Crippen molar-refractivity contribution in [3.05, 3.63) is 0 Å². The van der Waals surface area contributed by atoms with E-state index in [0.29, 0.717) is 32.7 Å². The molecule has 0 aromatic carbocycles. The molecule has 0 heterocycles. The molecule has 0 aliphatic rings. The van der Waals surface area contributed by atoms with E-state index in [9.17, 15) is 23.7 Å². The third-order valence-electron chi connectivity index (χ3n) is 4.69. The first-order valence-corrected chi connectivity index (χ1v) is 14.6. The lowest BCUT2D eigenvalue weighted by Crippen LogP contribution is -2.41. The molecule has 222 valence electrons. The van der Waals surface area contributed by atoms with Crippen molar-refractivity contribution in [2.24, 2.45) is 0 Å². The van der Waals surface area contributed by atoms with Crippen molar-refractivity contribution in [2.75, 3.05) is 85.6 Å². The van der Waals surface area contributed by atoms with E-state index in [1.165, 1.54) is 13.8 Å². The van der Waals surface area contributed by atoms with E-state index < -0.39 is 19.5 Å². The molecule has 15 heteroatoms. The van der Waals surface area contributed by atoms with E-state index in [2.05, 4.69) is 10.6 Å². The Bertz CT molecular complexity index is 733. The number of hydrogen-bond acceptors (Lipinski definition) is 11. The molecule has 2 amide bonds. The van der Waals surface area contributed by atoms with E-state index >= 15 is 0 Å². The predicted octanol–water partition coefficient (Wildman–Crippen LogP) is 0.0724. The fourth-order valence-corrected chi connectivity index (χ4v) is 3.36. The van der Waals surface area contributed by atoms with Crippen LogP contribution in [0.25, 0.3) is 0 Å². The van der Waals surface area contributed by atoms with Crippen LogP contribution in [0.4, 0.5) is 0 Å². The molecule has 1 unspecified atom stereocenters. The summed E-state index contributed by atoms with van der Waals surface area (Å²) in [6.07, 6.45) is 3.05. The Hall–Kier alpha value is -2.09. The molecule has 0 saturated carbocycles. The summed E-state index contributed by atoms with van der Waals surface area (Å²) in [6.45, 7) is 6.26. The van der Waals surface area contributed by atoms with Gasteiger partial charge in [0.25, 0.3) is 0 Å². The first kappa shape index (κ1) is 35.9. The van der Waals surface area contributed by atoms with Gasteiger partial charge in [-0.3, -0.25) is 23.8 Å². The zero-order valence-corrected chi connectivity index (χ0v) is 23.6.